The molecule has 7 heteroatoms. The zero-order valence-electron chi connectivity index (χ0n) is 29.9. The number of benzene rings is 8. The third-order valence-electron chi connectivity index (χ3n) is 10.9. The highest BCUT2D eigenvalue weighted by Gasteiger charge is 2.24. The second kappa shape index (κ2) is 11.9. The Hall–Kier alpha value is -7.77. The van der Waals surface area contributed by atoms with Crippen LogP contribution in [0.25, 0.3) is 111 Å². The molecule has 0 aliphatic rings. The molecule has 0 aliphatic carbocycles. The van der Waals surface area contributed by atoms with Crippen molar-refractivity contribution < 1.29 is 0 Å². The number of hydrogen-bond acceptors (Lipinski definition) is 5. The molecule has 0 unspecified atom stereocenters. The summed E-state index contributed by atoms with van der Waals surface area (Å²) in [6, 6.07) is 60.9. The van der Waals surface area contributed by atoms with Gasteiger partial charge in [0, 0.05) is 38.2 Å². The Morgan fingerprint density at radius 2 is 0.982 bits per heavy atom. The predicted molar refractivity (Wildman–Crippen MR) is 227 cm³/mol. The molecule has 4 aromatic heterocycles. The van der Waals surface area contributed by atoms with Crippen LogP contribution in [0.4, 0.5) is 0 Å². The summed E-state index contributed by atoms with van der Waals surface area (Å²) in [5, 5.41) is 7.60. The Morgan fingerprint density at radius 1 is 0.357 bits per heavy atom. The lowest BCUT2D eigenvalue weighted by Crippen LogP contribution is -2.06. The van der Waals surface area contributed by atoms with Gasteiger partial charge in [0.25, 0.3) is 0 Å². The summed E-state index contributed by atoms with van der Waals surface area (Å²) >= 11 is 0. The van der Waals surface area contributed by atoms with Gasteiger partial charge in [-0.2, -0.15) is 0 Å². The van der Waals surface area contributed by atoms with Crippen molar-refractivity contribution in [2.24, 2.45) is 0 Å². The zero-order chi connectivity index (χ0) is 36.7. The number of aromatic nitrogens is 7. The minimum atomic E-state index is 0.615. The lowest BCUT2D eigenvalue weighted by molar-refractivity contribution is 0.981. The van der Waals surface area contributed by atoms with E-state index in [1.807, 2.05) is 36.4 Å². The summed E-state index contributed by atoms with van der Waals surface area (Å²) in [5.41, 5.74) is 8.58. The fraction of sp³-hybridized carbons (Fsp3) is 0. The quantitative estimate of drug-likeness (QED) is 0.181. The summed E-state index contributed by atoms with van der Waals surface area (Å²) in [7, 11) is 0. The Balaban J connectivity index is 1.19. The van der Waals surface area contributed by atoms with E-state index in [4.69, 9.17) is 24.9 Å². The van der Waals surface area contributed by atoms with Crippen LogP contribution in [0.1, 0.15) is 0 Å². The molecule has 260 valence electrons. The van der Waals surface area contributed by atoms with Crippen molar-refractivity contribution in [1.82, 2.24) is 33.9 Å². The van der Waals surface area contributed by atoms with Gasteiger partial charge in [-0.05, 0) is 58.6 Å². The van der Waals surface area contributed by atoms with E-state index in [1.54, 1.807) is 0 Å². The van der Waals surface area contributed by atoms with Crippen LogP contribution in [-0.2, 0) is 0 Å². The van der Waals surface area contributed by atoms with Crippen molar-refractivity contribution >= 4 is 70.9 Å². The summed E-state index contributed by atoms with van der Waals surface area (Å²) in [5.74, 6) is 2.64. The van der Waals surface area contributed by atoms with Crippen LogP contribution in [0, 0.1) is 0 Å². The molecule has 0 N–H and O–H groups in total. The first kappa shape index (κ1) is 30.7. The molecular formula is C49H29N7. The van der Waals surface area contributed by atoms with Gasteiger partial charge in [-0.3, -0.25) is 8.97 Å². The third kappa shape index (κ3) is 4.55. The van der Waals surface area contributed by atoms with Gasteiger partial charge in [-0.1, -0.05) is 133 Å². The molecule has 7 nitrogen and oxygen atoms in total. The van der Waals surface area contributed by atoms with Gasteiger partial charge in [0.05, 0.1) is 27.6 Å². The highest BCUT2D eigenvalue weighted by atomic mass is 15.2. The van der Waals surface area contributed by atoms with Crippen LogP contribution in [0.5, 0.6) is 0 Å². The number of hydrogen-bond donors (Lipinski definition) is 0. The monoisotopic (exact) mass is 715 g/mol. The Morgan fingerprint density at radius 3 is 1.82 bits per heavy atom. The first-order chi connectivity index (χ1) is 27.8. The summed E-state index contributed by atoms with van der Waals surface area (Å²) < 4.78 is 4.52. The number of fused-ring (bicyclic) bond motifs is 11. The first-order valence-corrected chi connectivity index (χ1v) is 18.7. The molecule has 0 saturated heterocycles. The molecule has 8 aromatic carbocycles. The van der Waals surface area contributed by atoms with Gasteiger partial charge >= 0.3 is 0 Å². The first-order valence-electron chi connectivity index (χ1n) is 18.7. The summed E-state index contributed by atoms with van der Waals surface area (Å²) in [6.45, 7) is 0. The molecule has 0 fully saturated rings. The number of imidazole rings is 1. The molecule has 0 bridgehead atoms. The summed E-state index contributed by atoms with van der Waals surface area (Å²) in [6.07, 6.45) is 0. The van der Waals surface area contributed by atoms with E-state index >= 15 is 0 Å². The Bertz CT molecular complexity index is 3550. The standard InChI is InChI=1S/C49H29N7/c1-2-15-31(16-3-1)45-52-46(33-27-26-30-14-4-5-17-32(30)28-33)54-47(53-45)39-29-38-35-19-9-12-24-42(35)55(44(38)36-20-7-6-18-34(36)39)49-51-40-22-10-8-21-37(40)48-50-41-23-11-13-25-43(41)56(48)49/h1-29H. The lowest BCUT2D eigenvalue weighted by Gasteiger charge is -2.15. The fourth-order valence-corrected chi connectivity index (χ4v) is 8.36. The van der Waals surface area contributed by atoms with E-state index in [0.29, 0.717) is 17.5 Å². The van der Waals surface area contributed by atoms with Gasteiger partial charge in [0.1, 0.15) is 5.65 Å². The Labute approximate surface area is 319 Å². The third-order valence-corrected chi connectivity index (χ3v) is 10.9. The predicted octanol–water partition coefficient (Wildman–Crippen LogP) is 11.6. The molecule has 0 radical (unpaired) electrons. The van der Waals surface area contributed by atoms with Crippen LogP contribution < -0.4 is 0 Å². The van der Waals surface area contributed by atoms with Crippen molar-refractivity contribution in [3.63, 3.8) is 0 Å². The second-order valence-corrected chi connectivity index (χ2v) is 14.1. The molecule has 12 rings (SSSR count). The molecule has 4 heterocycles. The van der Waals surface area contributed by atoms with Crippen molar-refractivity contribution in [1.29, 1.82) is 0 Å². The largest absolute Gasteiger partial charge is 0.278 e. The average molecular weight is 716 g/mol. The molecular weight excluding hydrogens is 687 g/mol. The van der Waals surface area contributed by atoms with Crippen LogP contribution >= 0.6 is 0 Å². The van der Waals surface area contributed by atoms with Crippen LogP contribution in [0.15, 0.2) is 176 Å². The number of nitrogens with zero attached hydrogens (tertiary/aromatic N) is 7. The van der Waals surface area contributed by atoms with Gasteiger partial charge in [0.15, 0.2) is 17.5 Å². The zero-order valence-corrected chi connectivity index (χ0v) is 29.9. The molecule has 0 spiro atoms. The molecule has 56 heavy (non-hydrogen) atoms. The number of para-hydroxylation sites is 4. The van der Waals surface area contributed by atoms with Crippen LogP contribution in [0.2, 0.25) is 0 Å². The van der Waals surface area contributed by atoms with Gasteiger partial charge < -0.3 is 0 Å². The van der Waals surface area contributed by atoms with Crippen molar-refractivity contribution in [2.45, 2.75) is 0 Å². The highest BCUT2D eigenvalue weighted by molar-refractivity contribution is 6.22. The summed E-state index contributed by atoms with van der Waals surface area (Å²) in [4.78, 5) is 26.1. The van der Waals surface area contributed by atoms with E-state index in [0.717, 1.165) is 88.2 Å². The van der Waals surface area contributed by atoms with Gasteiger partial charge in [0.2, 0.25) is 5.95 Å². The normalized spacial score (nSPS) is 11.9. The maximum atomic E-state index is 5.42. The minimum Gasteiger partial charge on any atom is -0.278 e. The van der Waals surface area contributed by atoms with E-state index in [2.05, 4.69) is 148 Å². The van der Waals surface area contributed by atoms with Crippen LogP contribution in [-0.4, -0.2) is 33.9 Å². The van der Waals surface area contributed by atoms with E-state index in [1.165, 1.54) is 5.39 Å². The molecule has 0 amide bonds. The Kier molecular flexibility index (Phi) is 6.50. The minimum absolute atomic E-state index is 0.615. The highest BCUT2D eigenvalue weighted by Crippen LogP contribution is 2.42. The van der Waals surface area contributed by atoms with Gasteiger partial charge in [-0.25, -0.2) is 24.9 Å². The van der Waals surface area contributed by atoms with Gasteiger partial charge in [-0.15, -0.1) is 0 Å². The molecule has 0 atom stereocenters. The molecule has 0 saturated carbocycles. The van der Waals surface area contributed by atoms with E-state index in [9.17, 15) is 0 Å². The van der Waals surface area contributed by atoms with Crippen molar-refractivity contribution in [3.8, 4) is 40.1 Å². The number of rotatable bonds is 4. The fourth-order valence-electron chi connectivity index (χ4n) is 8.36. The maximum Gasteiger partial charge on any atom is 0.221 e. The maximum absolute atomic E-state index is 5.42. The average Bonchev–Trinajstić information content (AvgIpc) is 3.83. The van der Waals surface area contributed by atoms with E-state index in [-0.39, 0.29) is 0 Å². The lowest BCUT2D eigenvalue weighted by atomic mass is 9.99. The SMILES string of the molecule is c1ccc(-c2nc(-c3ccc4ccccc4c3)nc(-c3cc4c5ccccc5n(-c5nc6ccccc6c6nc7ccccc7n56)c4c4ccccc34)n2)cc1. The van der Waals surface area contributed by atoms with Crippen LogP contribution in [0.3, 0.4) is 0 Å². The molecule has 12 aromatic rings. The smallest absolute Gasteiger partial charge is 0.221 e. The topological polar surface area (TPSA) is 73.8 Å². The second-order valence-electron chi connectivity index (χ2n) is 14.1. The van der Waals surface area contributed by atoms with Crippen molar-refractivity contribution in [3.05, 3.63) is 176 Å². The van der Waals surface area contributed by atoms with E-state index < -0.39 is 0 Å². The molecule has 0 aliphatic heterocycles. The van der Waals surface area contributed by atoms with Crippen molar-refractivity contribution in [2.75, 3.05) is 0 Å².